The average Bonchev–Trinajstić information content (AvgIpc) is 3.17. The maximum atomic E-state index is 11.3. The van der Waals surface area contributed by atoms with Gasteiger partial charge >= 0.3 is 10.4 Å². The van der Waals surface area contributed by atoms with Crippen molar-refractivity contribution < 1.29 is 21.6 Å². The monoisotopic (exact) mass is 450 g/mol. The van der Waals surface area contributed by atoms with Gasteiger partial charge in [0.1, 0.15) is 6.26 Å². The van der Waals surface area contributed by atoms with Gasteiger partial charge in [-0.3, -0.25) is 4.55 Å². The van der Waals surface area contributed by atoms with Gasteiger partial charge in [0.2, 0.25) is 0 Å². The first kappa shape index (κ1) is 22.9. The highest BCUT2D eigenvalue weighted by Gasteiger charge is 2.61. The molecule has 3 aliphatic rings. The highest BCUT2D eigenvalue weighted by molar-refractivity contribution is 7.81. The minimum absolute atomic E-state index is 0.0923. The summed E-state index contributed by atoms with van der Waals surface area (Å²) in [4.78, 5) is 0. The van der Waals surface area contributed by atoms with Gasteiger partial charge < -0.3 is 8.60 Å². The zero-order valence-electron chi connectivity index (χ0n) is 19.4. The third kappa shape index (κ3) is 4.22. The van der Waals surface area contributed by atoms with E-state index in [-0.39, 0.29) is 11.3 Å². The quantitative estimate of drug-likeness (QED) is 0.405. The summed E-state index contributed by atoms with van der Waals surface area (Å²) in [5, 5.41) is 0. The Morgan fingerprint density at radius 1 is 1.13 bits per heavy atom. The third-order valence-electron chi connectivity index (χ3n) is 9.43. The van der Waals surface area contributed by atoms with E-state index in [2.05, 4.69) is 27.7 Å². The summed E-state index contributed by atoms with van der Waals surface area (Å²) in [5.74, 6) is 1.57. The lowest BCUT2D eigenvalue weighted by Crippen LogP contribution is -2.58. The van der Waals surface area contributed by atoms with Crippen molar-refractivity contribution in [2.24, 2.45) is 34.0 Å². The zero-order valence-corrected chi connectivity index (χ0v) is 20.2. The highest BCUT2D eigenvalue weighted by Crippen LogP contribution is 2.69. The second kappa shape index (κ2) is 7.95. The minimum Gasteiger partial charge on any atom is -0.472 e. The topological polar surface area (TPSA) is 76.7 Å². The number of furan rings is 1. The van der Waals surface area contributed by atoms with E-state index >= 15 is 0 Å². The molecule has 5 nitrogen and oxygen atoms in total. The predicted octanol–water partition coefficient (Wildman–Crippen LogP) is 6.57. The van der Waals surface area contributed by atoms with Crippen molar-refractivity contribution in [1.82, 2.24) is 0 Å². The van der Waals surface area contributed by atoms with Crippen molar-refractivity contribution in [2.45, 2.75) is 85.5 Å². The maximum Gasteiger partial charge on any atom is 0.445 e. The Kier molecular flexibility index (Phi) is 5.87. The van der Waals surface area contributed by atoms with Crippen molar-refractivity contribution in [3.8, 4) is 0 Å². The number of aryl methyl sites for hydroxylation is 1. The van der Waals surface area contributed by atoms with Crippen LogP contribution in [0.4, 0.5) is 0 Å². The van der Waals surface area contributed by atoms with Crippen LogP contribution in [0.25, 0.3) is 0 Å². The molecule has 3 aliphatic carbocycles. The van der Waals surface area contributed by atoms with Crippen molar-refractivity contribution in [2.75, 3.05) is 0 Å². The molecule has 0 bridgehead atoms. The van der Waals surface area contributed by atoms with Crippen LogP contribution in [0, 0.1) is 34.0 Å². The van der Waals surface area contributed by atoms with Crippen molar-refractivity contribution in [3.63, 3.8) is 0 Å². The summed E-state index contributed by atoms with van der Waals surface area (Å²) in [6, 6.07) is 2.00. The van der Waals surface area contributed by atoms with Gasteiger partial charge in [-0.25, -0.2) is 0 Å². The van der Waals surface area contributed by atoms with Gasteiger partial charge in [0.25, 0.3) is 0 Å². The molecule has 1 aromatic heterocycles. The van der Waals surface area contributed by atoms with E-state index in [4.69, 9.17) is 13.2 Å². The van der Waals surface area contributed by atoms with E-state index in [1.807, 2.05) is 6.07 Å². The van der Waals surface area contributed by atoms with Crippen LogP contribution in [-0.4, -0.2) is 13.0 Å². The average molecular weight is 451 g/mol. The van der Waals surface area contributed by atoms with Gasteiger partial charge in [0.15, 0.2) is 0 Å². The summed E-state index contributed by atoms with van der Waals surface area (Å²) in [7, 11) is -4.49. The fourth-order valence-corrected chi connectivity index (χ4v) is 8.44. The van der Waals surface area contributed by atoms with E-state index in [0.717, 1.165) is 43.6 Å². The fraction of sp³-hybridized carbons (Fsp3) is 0.760. The van der Waals surface area contributed by atoms with Gasteiger partial charge in [-0.1, -0.05) is 34.1 Å². The second-order valence-electron chi connectivity index (χ2n) is 11.5. The minimum atomic E-state index is -4.49. The second-order valence-corrected chi connectivity index (χ2v) is 12.5. The number of hydrogen-bond acceptors (Lipinski definition) is 4. The first-order valence-electron chi connectivity index (χ1n) is 11.8. The standard InChI is InChI=1S/C25H38O5S/c1-23(2)12-5-13-25(4)21(23)10-14-24(3)20(8-6-18-11-15-29-16-18)19(7-9-22(24)25)17-30-31(26,27)28/h11,15-17,20-22H,5-10,12-14H2,1-4H3,(H,26,27,28)/t20?,21?,22?,24?,25-/m0/s1. The summed E-state index contributed by atoms with van der Waals surface area (Å²) >= 11 is 0. The first-order valence-corrected chi connectivity index (χ1v) is 13.2. The summed E-state index contributed by atoms with van der Waals surface area (Å²) in [6.07, 6.45) is 14.8. The zero-order chi connectivity index (χ0) is 22.5. The number of allylic oxidation sites excluding steroid dienone is 1. The van der Waals surface area contributed by atoms with Crippen molar-refractivity contribution in [3.05, 3.63) is 36.0 Å². The highest BCUT2D eigenvalue weighted by atomic mass is 32.3. The Balaban J connectivity index is 1.68. The van der Waals surface area contributed by atoms with Gasteiger partial charge in [0, 0.05) is 0 Å². The van der Waals surface area contributed by atoms with Gasteiger partial charge in [-0.05, 0) is 103 Å². The maximum absolute atomic E-state index is 11.3. The molecule has 174 valence electrons. The Morgan fingerprint density at radius 2 is 1.90 bits per heavy atom. The molecule has 3 fully saturated rings. The van der Waals surface area contributed by atoms with E-state index in [1.165, 1.54) is 37.5 Å². The predicted molar refractivity (Wildman–Crippen MR) is 121 cm³/mol. The lowest BCUT2D eigenvalue weighted by Gasteiger charge is -2.66. The van der Waals surface area contributed by atoms with Crippen molar-refractivity contribution in [1.29, 1.82) is 0 Å². The molecule has 5 atom stereocenters. The molecule has 6 heteroatoms. The Hall–Kier alpha value is -1.27. The first-order chi connectivity index (χ1) is 14.5. The van der Waals surface area contributed by atoms with E-state index in [0.29, 0.717) is 16.7 Å². The van der Waals surface area contributed by atoms with Crippen LogP contribution < -0.4 is 0 Å². The number of hydrogen-bond donors (Lipinski definition) is 1. The summed E-state index contributed by atoms with van der Waals surface area (Å²) < 4.78 is 41.7. The molecule has 0 radical (unpaired) electrons. The van der Waals surface area contributed by atoms with Crippen LogP contribution in [0.5, 0.6) is 0 Å². The van der Waals surface area contributed by atoms with Gasteiger partial charge in [-0.15, -0.1) is 0 Å². The fourth-order valence-electron chi connectivity index (χ4n) is 8.20. The largest absolute Gasteiger partial charge is 0.472 e. The Labute approximate surface area is 187 Å². The van der Waals surface area contributed by atoms with E-state index in [1.54, 1.807) is 12.5 Å². The lowest BCUT2D eigenvalue weighted by molar-refractivity contribution is -0.154. The molecular formula is C25H38O5S. The van der Waals surface area contributed by atoms with Crippen LogP contribution >= 0.6 is 0 Å². The van der Waals surface area contributed by atoms with Gasteiger partial charge in [-0.2, -0.15) is 8.42 Å². The number of rotatable bonds is 5. The van der Waals surface area contributed by atoms with Crippen LogP contribution in [0.15, 0.2) is 34.8 Å². The van der Waals surface area contributed by atoms with Gasteiger partial charge in [0.05, 0.1) is 12.5 Å². The molecule has 1 heterocycles. The molecule has 1 N–H and O–H groups in total. The molecule has 0 spiro atoms. The third-order valence-corrected chi connectivity index (χ3v) is 9.77. The SMILES string of the molecule is CC1(C)CCC[C@@]2(C)C1CCC1(C)C(CCc3ccoc3)C(=COS(=O)(=O)O)CCC12. The molecule has 3 saturated carbocycles. The molecule has 4 unspecified atom stereocenters. The van der Waals surface area contributed by atoms with Crippen LogP contribution in [0.2, 0.25) is 0 Å². The normalized spacial score (nSPS) is 39.0. The molecule has 31 heavy (non-hydrogen) atoms. The molecule has 0 aromatic carbocycles. The van der Waals surface area contributed by atoms with E-state index in [9.17, 15) is 8.42 Å². The molecule has 1 aromatic rings. The summed E-state index contributed by atoms with van der Waals surface area (Å²) in [6.45, 7) is 9.89. The van der Waals surface area contributed by atoms with Crippen LogP contribution in [-0.2, 0) is 21.0 Å². The smallest absolute Gasteiger partial charge is 0.445 e. The van der Waals surface area contributed by atoms with Crippen molar-refractivity contribution >= 4 is 10.4 Å². The Bertz CT molecular complexity index is 916. The Morgan fingerprint density at radius 3 is 2.58 bits per heavy atom. The molecule has 0 saturated heterocycles. The van der Waals surface area contributed by atoms with Crippen LogP contribution in [0.3, 0.4) is 0 Å². The lowest BCUT2D eigenvalue weighted by atomic mass is 9.39. The van der Waals surface area contributed by atoms with Crippen LogP contribution in [0.1, 0.15) is 84.6 Å². The molecular weight excluding hydrogens is 412 g/mol. The summed E-state index contributed by atoms with van der Waals surface area (Å²) in [5.41, 5.74) is 2.98. The molecule has 0 amide bonds. The molecule has 4 rings (SSSR count). The molecule has 0 aliphatic heterocycles. The van der Waals surface area contributed by atoms with E-state index < -0.39 is 10.4 Å². The number of fused-ring (bicyclic) bond motifs is 3.